The highest BCUT2D eigenvalue weighted by atomic mass is 15.2. The Labute approximate surface area is 103 Å². The van der Waals surface area contributed by atoms with Gasteiger partial charge in [-0.15, -0.1) is 0 Å². The Bertz CT molecular complexity index is 383. The molecule has 1 heterocycles. The van der Waals surface area contributed by atoms with Gasteiger partial charge in [0.05, 0.1) is 17.6 Å². The fourth-order valence-electron chi connectivity index (χ4n) is 2.38. The standard InChI is InChI=1S/C13H22N4/c1-9-10(2)16-13(8-15-9)17(3)12-6-4-11(14)5-7-12/h8,11-12H,4-7,14H2,1-3H3. The molecule has 1 saturated carbocycles. The van der Waals surface area contributed by atoms with Crippen molar-refractivity contribution in [1.82, 2.24) is 9.97 Å². The molecule has 2 N–H and O–H groups in total. The summed E-state index contributed by atoms with van der Waals surface area (Å²) in [6.45, 7) is 4.00. The van der Waals surface area contributed by atoms with Gasteiger partial charge < -0.3 is 10.6 Å². The maximum atomic E-state index is 5.93. The molecule has 4 heteroatoms. The van der Waals surface area contributed by atoms with E-state index in [1.807, 2.05) is 20.0 Å². The molecule has 1 aromatic heterocycles. The van der Waals surface area contributed by atoms with Crippen LogP contribution in [-0.4, -0.2) is 29.1 Å². The molecule has 0 radical (unpaired) electrons. The Morgan fingerprint density at radius 2 is 1.82 bits per heavy atom. The van der Waals surface area contributed by atoms with Crippen LogP contribution >= 0.6 is 0 Å². The van der Waals surface area contributed by atoms with Gasteiger partial charge in [-0.3, -0.25) is 4.98 Å². The molecule has 1 aliphatic carbocycles. The van der Waals surface area contributed by atoms with Gasteiger partial charge in [0.2, 0.25) is 0 Å². The van der Waals surface area contributed by atoms with E-state index in [1.54, 1.807) is 0 Å². The van der Waals surface area contributed by atoms with Crippen LogP contribution in [0.2, 0.25) is 0 Å². The zero-order valence-corrected chi connectivity index (χ0v) is 11.0. The maximum Gasteiger partial charge on any atom is 0.147 e. The summed E-state index contributed by atoms with van der Waals surface area (Å²) < 4.78 is 0. The third-order valence-corrected chi connectivity index (χ3v) is 3.83. The van der Waals surface area contributed by atoms with E-state index in [9.17, 15) is 0 Å². The predicted molar refractivity (Wildman–Crippen MR) is 70.1 cm³/mol. The molecular weight excluding hydrogens is 212 g/mol. The van der Waals surface area contributed by atoms with Gasteiger partial charge in [0.15, 0.2) is 0 Å². The summed E-state index contributed by atoms with van der Waals surface area (Å²) in [5.41, 5.74) is 7.96. The molecule has 1 aliphatic rings. The second-order valence-electron chi connectivity index (χ2n) is 5.08. The molecule has 0 spiro atoms. The van der Waals surface area contributed by atoms with Gasteiger partial charge >= 0.3 is 0 Å². The van der Waals surface area contributed by atoms with Crippen LogP contribution in [0.25, 0.3) is 0 Å². The van der Waals surface area contributed by atoms with Gasteiger partial charge in [-0.05, 0) is 39.5 Å². The number of nitrogens with zero attached hydrogens (tertiary/aromatic N) is 3. The monoisotopic (exact) mass is 234 g/mol. The average molecular weight is 234 g/mol. The molecular formula is C13H22N4. The fraction of sp³-hybridized carbons (Fsp3) is 0.692. The van der Waals surface area contributed by atoms with Crippen LogP contribution in [-0.2, 0) is 0 Å². The van der Waals surface area contributed by atoms with E-state index in [4.69, 9.17) is 5.73 Å². The van der Waals surface area contributed by atoms with Crippen molar-refractivity contribution in [1.29, 1.82) is 0 Å². The highest BCUT2D eigenvalue weighted by molar-refractivity contribution is 5.37. The van der Waals surface area contributed by atoms with Crippen LogP contribution in [0, 0.1) is 13.8 Å². The largest absolute Gasteiger partial charge is 0.355 e. The van der Waals surface area contributed by atoms with Crippen molar-refractivity contribution in [2.45, 2.75) is 51.6 Å². The number of hydrogen-bond acceptors (Lipinski definition) is 4. The van der Waals surface area contributed by atoms with E-state index in [0.29, 0.717) is 12.1 Å². The highest BCUT2D eigenvalue weighted by Crippen LogP contribution is 2.24. The molecule has 2 rings (SSSR count). The van der Waals surface area contributed by atoms with Gasteiger partial charge in [-0.25, -0.2) is 4.98 Å². The minimum atomic E-state index is 0.394. The molecule has 4 nitrogen and oxygen atoms in total. The van der Waals surface area contributed by atoms with Crippen LogP contribution in [0.5, 0.6) is 0 Å². The molecule has 94 valence electrons. The van der Waals surface area contributed by atoms with Crippen molar-refractivity contribution < 1.29 is 0 Å². The Morgan fingerprint density at radius 3 is 2.41 bits per heavy atom. The van der Waals surface area contributed by atoms with E-state index in [2.05, 4.69) is 21.9 Å². The van der Waals surface area contributed by atoms with Crippen molar-refractivity contribution in [2.24, 2.45) is 5.73 Å². The van der Waals surface area contributed by atoms with Gasteiger partial charge in [-0.1, -0.05) is 0 Å². The molecule has 0 aromatic carbocycles. The minimum absolute atomic E-state index is 0.394. The number of rotatable bonds is 2. The van der Waals surface area contributed by atoms with Crippen LogP contribution in [0.3, 0.4) is 0 Å². The molecule has 0 bridgehead atoms. The first kappa shape index (κ1) is 12.3. The fourth-order valence-corrected chi connectivity index (χ4v) is 2.38. The zero-order chi connectivity index (χ0) is 12.4. The topological polar surface area (TPSA) is 55.0 Å². The summed E-state index contributed by atoms with van der Waals surface area (Å²) in [4.78, 5) is 11.2. The van der Waals surface area contributed by atoms with E-state index < -0.39 is 0 Å². The minimum Gasteiger partial charge on any atom is -0.355 e. The maximum absolute atomic E-state index is 5.93. The molecule has 0 amide bonds. The Balaban J connectivity index is 2.08. The van der Waals surface area contributed by atoms with Crippen molar-refractivity contribution >= 4 is 5.82 Å². The average Bonchev–Trinajstić information content (AvgIpc) is 2.33. The lowest BCUT2D eigenvalue weighted by molar-refractivity contribution is 0.383. The van der Waals surface area contributed by atoms with Crippen LogP contribution in [0.15, 0.2) is 6.20 Å². The first-order chi connectivity index (χ1) is 8.08. The molecule has 0 aliphatic heterocycles. The molecule has 1 fully saturated rings. The summed E-state index contributed by atoms with van der Waals surface area (Å²) in [5.74, 6) is 0.980. The Hall–Kier alpha value is -1.16. The van der Waals surface area contributed by atoms with E-state index >= 15 is 0 Å². The Kier molecular flexibility index (Phi) is 3.62. The molecule has 0 unspecified atom stereocenters. The van der Waals surface area contributed by atoms with E-state index in [1.165, 1.54) is 0 Å². The molecule has 17 heavy (non-hydrogen) atoms. The van der Waals surface area contributed by atoms with Crippen LogP contribution in [0.4, 0.5) is 5.82 Å². The van der Waals surface area contributed by atoms with Crippen LogP contribution in [0.1, 0.15) is 37.1 Å². The van der Waals surface area contributed by atoms with E-state index in [-0.39, 0.29) is 0 Å². The first-order valence-electron chi connectivity index (χ1n) is 6.36. The molecule has 0 atom stereocenters. The number of hydrogen-bond donors (Lipinski definition) is 1. The molecule has 1 aromatic rings. The second kappa shape index (κ2) is 5.00. The lowest BCUT2D eigenvalue weighted by Gasteiger charge is -2.34. The number of nitrogens with two attached hydrogens (primary N) is 1. The number of aromatic nitrogens is 2. The van der Waals surface area contributed by atoms with Gasteiger partial charge in [0.1, 0.15) is 5.82 Å². The number of anilines is 1. The van der Waals surface area contributed by atoms with Crippen molar-refractivity contribution in [3.05, 3.63) is 17.6 Å². The predicted octanol–water partition coefficient (Wildman–Crippen LogP) is 1.80. The summed E-state index contributed by atoms with van der Waals surface area (Å²) in [7, 11) is 2.11. The lowest BCUT2D eigenvalue weighted by Crippen LogP contribution is -2.39. The smallest absolute Gasteiger partial charge is 0.147 e. The third-order valence-electron chi connectivity index (χ3n) is 3.83. The van der Waals surface area contributed by atoms with Crippen molar-refractivity contribution in [3.8, 4) is 0 Å². The Morgan fingerprint density at radius 1 is 1.18 bits per heavy atom. The van der Waals surface area contributed by atoms with Gasteiger partial charge in [0.25, 0.3) is 0 Å². The summed E-state index contributed by atoms with van der Waals surface area (Å²) in [6.07, 6.45) is 6.43. The summed E-state index contributed by atoms with van der Waals surface area (Å²) >= 11 is 0. The first-order valence-corrected chi connectivity index (χ1v) is 6.36. The van der Waals surface area contributed by atoms with Gasteiger partial charge in [-0.2, -0.15) is 0 Å². The summed E-state index contributed by atoms with van der Waals surface area (Å²) in [6, 6.07) is 0.955. The second-order valence-corrected chi connectivity index (χ2v) is 5.08. The third kappa shape index (κ3) is 2.75. The lowest BCUT2D eigenvalue weighted by atomic mass is 9.91. The summed E-state index contributed by atoms with van der Waals surface area (Å²) in [5, 5.41) is 0. The normalized spacial score (nSPS) is 24.7. The number of aryl methyl sites for hydroxylation is 2. The van der Waals surface area contributed by atoms with Gasteiger partial charge in [0, 0.05) is 19.1 Å². The van der Waals surface area contributed by atoms with Crippen LogP contribution < -0.4 is 10.6 Å². The SMILES string of the molecule is Cc1ncc(N(C)C2CCC(N)CC2)nc1C. The highest BCUT2D eigenvalue weighted by Gasteiger charge is 2.23. The van der Waals surface area contributed by atoms with E-state index in [0.717, 1.165) is 42.9 Å². The van der Waals surface area contributed by atoms with Crippen molar-refractivity contribution in [3.63, 3.8) is 0 Å². The quantitative estimate of drug-likeness (QED) is 0.847. The zero-order valence-electron chi connectivity index (χ0n) is 11.0. The molecule has 0 saturated heterocycles. The van der Waals surface area contributed by atoms with Crippen molar-refractivity contribution in [2.75, 3.05) is 11.9 Å².